The third kappa shape index (κ3) is 1.46. The van der Waals surface area contributed by atoms with Gasteiger partial charge in [0.15, 0.2) is 0 Å². The lowest BCUT2D eigenvalue weighted by Gasteiger charge is -2.20. The van der Waals surface area contributed by atoms with E-state index >= 15 is 0 Å². The summed E-state index contributed by atoms with van der Waals surface area (Å²) in [5.74, 6) is 5.14. The average Bonchev–Trinajstić information content (AvgIpc) is 2.19. The van der Waals surface area contributed by atoms with Gasteiger partial charge in [-0.1, -0.05) is 22.0 Å². The second-order valence-corrected chi connectivity index (χ2v) is 3.16. The first-order valence-corrected chi connectivity index (χ1v) is 4.22. The number of nitrogens with zero attached hydrogens (tertiary/aromatic N) is 2. The molecule has 0 aliphatic carbocycles. The van der Waals surface area contributed by atoms with E-state index in [0.717, 1.165) is 5.22 Å². The van der Waals surface area contributed by atoms with Gasteiger partial charge in [-0.3, -0.25) is 5.84 Å². The zero-order chi connectivity index (χ0) is 10.1. The summed E-state index contributed by atoms with van der Waals surface area (Å²) in [5.41, 5.74) is 4.69. The third-order valence-corrected chi connectivity index (χ3v) is 2.05. The standard InChI is InChI=1S/C7H8ClN5O/c8-6-2-1-5-4-12(10-9)11-13(14)7(5)3-6/h1-4,10-11H,9H2. The monoisotopic (exact) mass is 213 g/mol. The van der Waals surface area contributed by atoms with E-state index in [1.165, 1.54) is 5.12 Å². The lowest BCUT2D eigenvalue weighted by Crippen LogP contribution is -2.60. The zero-order valence-electron chi connectivity index (χ0n) is 7.07. The van der Waals surface area contributed by atoms with Crippen LogP contribution in [-0.2, 0) is 0 Å². The minimum absolute atomic E-state index is 0.448. The van der Waals surface area contributed by atoms with Crippen LogP contribution in [0.1, 0.15) is 0 Å². The summed E-state index contributed by atoms with van der Waals surface area (Å²) in [7, 11) is 0. The molecule has 0 bridgehead atoms. The van der Waals surface area contributed by atoms with Crippen molar-refractivity contribution >= 4 is 17.8 Å². The van der Waals surface area contributed by atoms with Gasteiger partial charge in [0.25, 0.3) is 5.36 Å². The summed E-state index contributed by atoms with van der Waals surface area (Å²) in [6, 6.07) is 5.00. The molecule has 0 radical (unpaired) electrons. The number of nitrogens with one attached hydrogen (secondary N) is 2. The van der Waals surface area contributed by atoms with Gasteiger partial charge in [0.1, 0.15) is 0 Å². The molecule has 0 atom stereocenters. The minimum atomic E-state index is 0.448. The number of hydrazine groups is 4. The molecular weight excluding hydrogens is 206 g/mol. The second-order valence-electron chi connectivity index (χ2n) is 2.73. The number of hydrogen-bond donors (Lipinski definition) is 3. The Bertz CT molecular complexity index is 473. The predicted molar refractivity (Wildman–Crippen MR) is 52.1 cm³/mol. The van der Waals surface area contributed by atoms with Crippen LogP contribution >= 0.6 is 11.6 Å². The van der Waals surface area contributed by atoms with E-state index in [4.69, 9.17) is 17.4 Å². The fourth-order valence-electron chi connectivity index (χ4n) is 1.19. The normalized spacial score (nSPS) is 14.4. The van der Waals surface area contributed by atoms with Crippen molar-refractivity contribution in [2.45, 2.75) is 0 Å². The molecular formula is C7H8ClN5O. The second kappa shape index (κ2) is 3.33. The van der Waals surface area contributed by atoms with Gasteiger partial charge >= 0.3 is 0 Å². The van der Waals surface area contributed by atoms with Gasteiger partial charge in [-0.25, -0.2) is 0 Å². The molecule has 74 valence electrons. The van der Waals surface area contributed by atoms with Crippen LogP contribution in [0.4, 0.5) is 0 Å². The summed E-state index contributed by atoms with van der Waals surface area (Å²) in [6.45, 7) is 0. The molecule has 0 aromatic heterocycles. The van der Waals surface area contributed by atoms with Crippen molar-refractivity contribution in [1.82, 2.24) is 21.0 Å². The maximum Gasteiger partial charge on any atom is 0.254 e. The van der Waals surface area contributed by atoms with Crippen molar-refractivity contribution in [3.63, 3.8) is 0 Å². The average molecular weight is 214 g/mol. The van der Waals surface area contributed by atoms with Gasteiger partial charge in [0.2, 0.25) is 0 Å². The van der Waals surface area contributed by atoms with E-state index in [1.54, 1.807) is 24.4 Å². The number of hydrogen-bond acceptors (Lipinski definition) is 5. The Morgan fingerprint density at radius 1 is 1.57 bits per heavy atom. The molecule has 1 heterocycles. The van der Waals surface area contributed by atoms with Gasteiger partial charge < -0.3 is 5.21 Å². The fourth-order valence-corrected chi connectivity index (χ4v) is 1.35. The van der Waals surface area contributed by atoms with Crippen molar-refractivity contribution in [2.75, 3.05) is 0 Å². The van der Waals surface area contributed by atoms with Crippen molar-refractivity contribution in [2.24, 2.45) is 5.84 Å². The van der Waals surface area contributed by atoms with E-state index in [0.29, 0.717) is 15.2 Å². The summed E-state index contributed by atoms with van der Waals surface area (Å²) in [4.78, 5) is 0.571. The third-order valence-electron chi connectivity index (χ3n) is 1.82. The maximum absolute atomic E-state index is 11.4. The Morgan fingerprint density at radius 2 is 2.36 bits per heavy atom. The molecule has 14 heavy (non-hydrogen) atoms. The van der Waals surface area contributed by atoms with Crippen LogP contribution in [0.5, 0.6) is 0 Å². The topological polar surface area (TPSA) is 79.4 Å². The van der Waals surface area contributed by atoms with Crippen LogP contribution in [-0.4, -0.2) is 5.12 Å². The molecule has 0 amide bonds. The molecule has 1 aromatic rings. The molecule has 6 nitrogen and oxygen atoms in total. The molecule has 0 fully saturated rings. The summed E-state index contributed by atoms with van der Waals surface area (Å²) in [6.07, 6.45) is 1.64. The molecule has 1 aliphatic heterocycles. The van der Waals surface area contributed by atoms with Crippen LogP contribution in [0, 0.1) is 5.21 Å². The van der Waals surface area contributed by atoms with Gasteiger partial charge in [-0.2, -0.15) is 5.12 Å². The highest BCUT2D eigenvalue weighted by Gasteiger charge is 2.09. The van der Waals surface area contributed by atoms with Gasteiger partial charge in [0, 0.05) is 11.1 Å². The van der Waals surface area contributed by atoms with Crippen molar-refractivity contribution in [3.05, 3.63) is 39.0 Å². The molecule has 2 rings (SSSR count). The number of fused-ring (bicyclic) bond motifs is 1. The van der Waals surface area contributed by atoms with E-state index < -0.39 is 0 Å². The number of benzene rings is 1. The number of rotatable bonds is 1. The summed E-state index contributed by atoms with van der Waals surface area (Å²) >= 11 is 5.75. The van der Waals surface area contributed by atoms with Crippen LogP contribution in [0.2, 0.25) is 5.02 Å². The highest BCUT2D eigenvalue weighted by atomic mass is 35.5. The highest BCUT2D eigenvalue weighted by molar-refractivity contribution is 6.30. The van der Waals surface area contributed by atoms with E-state index in [9.17, 15) is 5.21 Å². The molecule has 0 saturated carbocycles. The highest BCUT2D eigenvalue weighted by Crippen LogP contribution is 1.99. The lowest BCUT2D eigenvalue weighted by atomic mass is 10.3. The quantitative estimate of drug-likeness (QED) is 0.222. The molecule has 0 spiro atoms. The number of halogens is 1. The van der Waals surface area contributed by atoms with Gasteiger partial charge in [-0.05, 0) is 12.1 Å². The Hall–Kier alpha value is -1.50. The molecule has 0 unspecified atom stereocenters. The Labute approximate surface area is 84.3 Å². The summed E-state index contributed by atoms with van der Waals surface area (Å²) in [5, 5.41) is 14.3. The zero-order valence-corrected chi connectivity index (χ0v) is 7.82. The molecule has 4 N–H and O–H groups in total. The van der Waals surface area contributed by atoms with E-state index in [-0.39, 0.29) is 0 Å². The molecule has 1 aliphatic rings. The van der Waals surface area contributed by atoms with Crippen LogP contribution < -0.4 is 32.3 Å². The van der Waals surface area contributed by atoms with Crippen molar-refractivity contribution < 1.29 is 0 Å². The van der Waals surface area contributed by atoms with E-state index in [2.05, 4.69) is 11.1 Å². The predicted octanol–water partition coefficient (Wildman–Crippen LogP) is -1.82. The molecule has 7 heteroatoms. The van der Waals surface area contributed by atoms with Crippen LogP contribution in [0.25, 0.3) is 6.20 Å². The Morgan fingerprint density at radius 3 is 3.07 bits per heavy atom. The Kier molecular flexibility index (Phi) is 2.16. The number of nitrogens with two attached hydrogens (primary N) is 1. The molecule has 0 saturated heterocycles. The first-order valence-electron chi connectivity index (χ1n) is 3.84. The van der Waals surface area contributed by atoms with E-state index in [1.807, 2.05) is 0 Å². The first-order chi connectivity index (χ1) is 6.70. The Balaban J connectivity index is 2.67. The first kappa shape index (κ1) is 9.07. The SMILES string of the molecule is NNN1C=c2ccc(Cl)cc2=[N+]([O-])N1. The lowest BCUT2D eigenvalue weighted by molar-refractivity contribution is 0.164. The van der Waals surface area contributed by atoms with Crippen LogP contribution in [0.3, 0.4) is 0 Å². The molecule has 1 aromatic carbocycles. The summed E-state index contributed by atoms with van der Waals surface area (Å²) < 4.78 is 0. The fraction of sp³-hybridized carbons (Fsp3) is 0. The van der Waals surface area contributed by atoms with Crippen molar-refractivity contribution in [1.29, 1.82) is 0 Å². The van der Waals surface area contributed by atoms with Gasteiger partial charge in [0.05, 0.1) is 11.4 Å². The van der Waals surface area contributed by atoms with Crippen molar-refractivity contribution in [3.8, 4) is 0 Å². The van der Waals surface area contributed by atoms with Gasteiger partial charge in [-0.15, -0.1) is 5.53 Å². The maximum atomic E-state index is 11.4. The minimum Gasteiger partial charge on any atom is -0.594 e. The smallest absolute Gasteiger partial charge is 0.254 e. The largest absolute Gasteiger partial charge is 0.594 e. The van der Waals surface area contributed by atoms with Crippen LogP contribution in [0.15, 0.2) is 18.2 Å².